The molecule has 12 aromatic rings. The van der Waals surface area contributed by atoms with E-state index in [0.29, 0.717) is 5.95 Å². The summed E-state index contributed by atoms with van der Waals surface area (Å²) in [6.45, 7) is 0. The summed E-state index contributed by atoms with van der Waals surface area (Å²) in [5.41, 5.74) is 11.0. The molecule has 0 saturated heterocycles. The van der Waals surface area contributed by atoms with Crippen molar-refractivity contribution in [3.63, 3.8) is 0 Å². The number of rotatable bonds is 4. The number of benzene rings is 8. The van der Waals surface area contributed by atoms with Crippen molar-refractivity contribution in [2.45, 2.75) is 0 Å². The second-order valence-electron chi connectivity index (χ2n) is 14.1. The number of thiophene rings is 1. The van der Waals surface area contributed by atoms with Gasteiger partial charge in [0.1, 0.15) is 0 Å². The number of nitrogens with zero attached hydrogens (tertiary/aromatic N) is 4. The molecular weight excluding hydrogens is 689 g/mol. The average molecular weight is 719 g/mol. The van der Waals surface area contributed by atoms with Crippen molar-refractivity contribution in [2.75, 3.05) is 0 Å². The van der Waals surface area contributed by atoms with Crippen LogP contribution in [0.2, 0.25) is 0 Å². The average Bonchev–Trinajstić information content (AvgIpc) is 3.91. The minimum atomic E-state index is 0.662. The fourth-order valence-electron chi connectivity index (χ4n) is 8.73. The van der Waals surface area contributed by atoms with Crippen LogP contribution in [-0.2, 0) is 0 Å². The van der Waals surface area contributed by atoms with Gasteiger partial charge in [0, 0.05) is 58.4 Å². The molecule has 0 aliphatic rings. The SMILES string of the molecule is c1ccc(-c2ccc(-n3c4ccccc4c4c3ccc3c5ccccc5n(-c5nc(-c6cccc7c6sc6ccccc67)c6ccccc6n5)c34)cc2)cc1. The van der Waals surface area contributed by atoms with Gasteiger partial charge in [-0.1, -0.05) is 140 Å². The maximum absolute atomic E-state index is 5.58. The molecule has 0 saturated carbocycles. The van der Waals surface area contributed by atoms with Gasteiger partial charge in [0.25, 0.3) is 0 Å². The fraction of sp³-hybridized carbons (Fsp3) is 0. The smallest absolute Gasteiger partial charge is 0.235 e. The fourth-order valence-corrected chi connectivity index (χ4v) is 9.95. The molecule has 0 amide bonds. The highest BCUT2D eigenvalue weighted by molar-refractivity contribution is 7.26. The van der Waals surface area contributed by atoms with Crippen LogP contribution in [0.15, 0.2) is 182 Å². The molecule has 4 heterocycles. The molecular formula is C50H30N4S. The molecule has 0 bridgehead atoms. The third kappa shape index (κ3) is 4.45. The lowest BCUT2D eigenvalue weighted by atomic mass is 10.0. The van der Waals surface area contributed by atoms with Crippen LogP contribution in [0.25, 0.3) is 109 Å². The van der Waals surface area contributed by atoms with Crippen molar-refractivity contribution in [2.24, 2.45) is 0 Å². The van der Waals surface area contributed by atoms with Crippen LogP contribution in [0.1, 0.15) is 0 Å². The highest BCUT2D eigenvalue weighted by atomic mass is 32.1. The van der Waals surface area contributed by atoms with E-state index in [9.17, 15) is 0 Å². The van der Waals surface area contributed by atoms with Gasteiger partial charge in [-0.15, -0.1) is 11.3 Å². The second-order valence-corrected chi connectivity index (χ2v) is 15.2. The molecule has 0 atom stereocenters. The first-order valence-electron chi connectivity index (χ1n) is 18.6. The summed E-state index contributed by atoms with van der Waals surface area (Å²) >= 11 is 1.83. The molecule has 0 aliphatic heterocycles. The van der Waals surface area contributed by atoms with Crippen LogP contribution < -0.4 is 0 Å². The summed E-state index contributed by atoms with van der Waals surface area (Å²) in [4.78, 5) is 10.9. The van der Waals surface area contributed by atoms with E-state index in [2.05, 4.69) is 191 Å². The Morgan fingerprint density at radius 1 is 0.400 bits per heavy atom. The third-order valence-electron chi connectivity index (χ3n) is 11.2. The Hall–Kier alpha value is -7.08. The van der Waals surface area contributed by atoms with Gasteiger partial charge in [0.15, 0.2) is 0 Å². The van der Waals surface area contributed by atoms with Crippen molar-refractivity contribution in [1.29, 1.82) is 0 Å². The topological polar surface area (TPSA) is 35.6 Å². The Balaban J connectivity index is 1.17. The minimum absolute atomic E-state index is 0.662. The quantitative estimate of drug-likeness (QED) is 0.182. The Labute approximate surface area is 319 Å². The molecule has 4 aromatic heterocycles. The first-order valence-corrected chi connectivity index (χ1v) is 19.4. The maximum Gasteiger partial charge on any atom is 0.235 e. The minimum Gasteiger partial charge on any atom is -0.309 e. The predicted octanol–water partition coefficient (Wildman–Crippen LogP) is 13.5. The van der Waals surface area contributed by atoms with Gasteiger partial charge in [0.05, 0.1) is 33.3 Å². The van der Waals surface area contributed by atoms with Crippen LogP contribution in [0, 0.1) is 0 Å². The first kappa shape index (κ1) is 30.4. The van der Waals surface area contributed by atoms with Gasteiger partial charge < -0.3 is 4.57 Å². The van der Waals surface area contributed by atoms with Gasteiger partial charge in [-0.05, 0) is 53.6 Å². The molecule has 0 radical (unpaired) electrons. The maximum atomic E-state index is 5.58. The number of fused-ring (bicyclic) bond motifs is 11. The van der Waals surface area contributed by atoms with Crippen molar-refractivity contribution >= 4 is 86.0 Å². The van der Waals surface area contributed by atoms with E-state index in [0.717, 1.165) is 49.9 Å². The summed E-state index contributed by atoms with van der Waals surface area (Å²) in [5, 5.41) is 8.29. The molecule has 0 fully saturated rings. The van der Waals surface area contributed by atoms with Gasteiger partial charge >= 0.3 is 0 Å². The number of para-hydroxylation sites is 3. The summed E-state index contributed by atoms with van der Waals surface area (Å²) in [5.74, 6) is 0.662. The summed E-state index contributed by atoms with van der Waals surface area (Å²) in [6, 6.07) is 65.2. The molecule has 0 N–H and O–H groups in total. The van der Waals surface area contributed by atoms with Crippen molar-refractivity contribution in [3.8, 4) is 34.0 Å². The van der Waals surface area contributed by atoms with Gasteiger partial charge in [-0.2, -0.15) is 0 Å². The van der Waals surface area contributed by atoms with Crippen LogP contribution in [0.5, 0.6) is 0 Å². The zero-order valence-corrected chi connectivity index (χ0v) is 30.3. The van der Waals surface area contributed by atoms with Gasteiger partial charge in [0.2, 0.25) is 5.95 Å². The number of hydrogen-bond donors (Lipinski definition) is 0. The largest absolute Gasteiger partial charge is 0.309 e. The molecule has 0 unspecified atom stereocenters. The summed E-state index contributed by atoms with van der Waals surface area (Å²) in [6.07, 6.45) is 0. The van der Waals surface area contributed by atoms with E-state index in [4.69, 9.17) is 9.97 Å². The zero-order chi connectivity index (χ0) is 36.0. The lowest BCUT2D eigenvalue weighted by Gasteiger charge is -2.13. The summed E-state index contributed by atoms with van der Waals surface area (Å²) < 4.78 is 7.22. The first-order chi connectivity index (χ1) is 27.3. The van der Waals surface area contributed by atoms with Gasteiger partial charge in [-0.25, -0.2) is 9.97 Å². The lowest BCUT2D eigenvalue weighted by molar-refractivity contribution is 1.02. The highest BCUT2D eigenvalue weighted by Crippen LogP contribution is 2.44. The molecule has 12 rings (SSSR count). The number of hydrogen-bond acceptors (Lipinski definition) is 3. The Morgan fingerprint density at radius 3 is 1.89 bits per heavy atom. The molecule has 55 heavy (non-hydrogen) atoms. The van der Waals surface area contributed by atoms with Crippen LogP contribution in [-0.4, -0.2) is 19.1 Å². The molecule has 0 spiro atoms. The predicted molar refractivity (Wildman–Crippen MR) is 232 cm³/mol. The third-order valence-corrected chi connectivity index (χ3v) is 12.4. The second kappa shape index (κ2) is 11.7. The van der Waals surface area contributed by atoms with Crippen molar-refractivity contribution in [1.82, 2.24) is 19.1 Å². The summed E-state index contributed by atoms with van der Waals surface area (Å²) in [7, 11) is 0. The zero-order valence-electron chi connectivity index (χ0n) is 29.5. The van der Waals surface area contributed by atoms with E-state index in [1.807, 2.05) is 11.3 Å². The Bertz CT molecular complexity index is 3480. The standard InChI is InChI=1S/C50H30N4S/c1-2-13-31(14-3-1)32-25-27-33(28-26-32)53-43-23-10-6-18-39(43)46-44(53)30-29-36-34-15-5-9-22-42(34)54(48(36)46)50-51-41-21-8-4-17-38(41)47(52-50)40-20-12-19-37-35-16-7-11-24-45(35)55-49(37)40/h1-30H. The van der Waals surface area contributed by atoms with E-state index < -0.39 is 0 Å². The Morgan fingerprint density at radius 2 is 1.05 bits per heavy atom. The van der Waals surface area contributed by atoms with E-state index in [-0.39, 0.29) is 0 Å². The van der Waals surface area contributed by atoms with Crippen molar-refractivity contribution in [3.05, 3.63) is 182 Å². The van der Waals surface area contributed by atoms with Crippen LogP contribution >= 0.6 is 11.3 Å². The van der Waals surface area contributed by atoms with E-state index >= 15 is 0 Å². The monoisotopic (exact) mass is 718 g/mol. The van der Waals surface area contributed by atoms with Crippen molar-refractivity contribution < 1.29 is 0 Å². The molecule has 256 valence electrons. The van der Waals surface area contributed by atoms with E-state index in [1.165, 1.54) is 52.8 Å². The molecule has 4 nitrogen and oxygen atoms in total. The lowest BCUT2D eigenvalue weighted by Crippen LogP contribution is -2.03. The Kier molecular flexibility index (Phi) is 6.47. The molecule has 0 aliphatic carbocycles. The number of aromatic nitrogens is 4. The molecule has 5 heteroatoms. The normalized spacial score (nSPS) is 12.0. The van der Waals surface area contributed by atoms with Crippen LogP contribution in [0.4, 0.5) is 0 Å². The van der Waals surface area contributed by atoms with Crippen LogP contribution in [0.3, 0.4) is 0 Å². The van der Waals surface area contributed by atoms with E-state index in [1.54, 1.807) is 0 Å². The van der Waals surface area contributed by atoms with Gasteiger partial charge in [-0.3, -0.25) is 4.57 Å². The highest BCUT2D eigenvalue weighted by Gasteiger charge is 2.23. The molecule has 8 aromatic carbocycles.